The molecule has 0 saturated heterocycles. The summed E-state index contributed by atoms with van der Waals surface area (Å²) in [6, 6.07) is 16.8. The number of alkyl halides is 3. The third-order valence-corrected chi connectivity index (χ3v) is 4.37. The van der Waals surface area contributed by atoms with Crippen LogP contribution >= 0.6 is 11.6 Å². The van der Waals surface area contributed by atoms with E-state index in [9.17, 15) is 18.0 Å². The molecule has 1 heterocycles. The van der Waals surface area contributed by atoms with Crippen LogP contribution in [0.3, 0.4) is 0 Å². The number of carbonyl (C=O) groups is 1. The average Bonchev–Trinajstić information content (AvgIpc) is 2.67. The Bertz CT molecular complexity index is 927. The maximum atomic E-state index is 12.9. The summed E-state index contributed by atoms with van der Waals surface area (Å²) in [7, 11) is 0. The zero-order valence-corrected chi connectivity index (χ0v) is 15.4. The van der Waals surface area contributed by atoms with Crippen molar-refractivity contribution in [2.45, 2.75) is 19.1 Å². The van der Waals surface area contributed by atoms with Crippen molar-refractivity contribution in [1.82, 2.24) is 4.98 Å². The van der Waals surface area contributed by atoms with E-state index in [1.807, 2.05) is 6.07 Å². The lowest BCUT2D eigenvalue weighted by molar-refractivity contribution is -0.137. The quantitative estimate of drug-likeness (QED) is 0.560. The van der Waals surface area contributed by atoms with Crippen molar-refractivity contribution < 1.29 is 18.0 Å². The first kappa shape index (κ1) is 19.9. The number of pyridine rings is 1. The van der Waals surface area contributed by atoms with Gasteiger partial charge in [0.1, 0.15) is 0 Å². The van der Waals surface area contributed by atoms with Gasteiger partial charge in [0.25, 0.3) is 0 Å². The molecule has 7 heteroatoms. The highest BCUT2D eigenvalue weighted by Gasteiger charge is 2.30. The zero-order valence-electron chi connectivity index (χ0n) is 14.7. The van der Waals surface area contributed by atoms with Crippen LogP contribution in [0.2, 0.25) is 5.02 Å². The van der Waals surface area contributed by atoms with Crippen LogP contribution in [0.4, 0.5) is 18.9 Å². The Labute approximate surface area is 165 Å². The number of amides is 1. The largest absolute Gasteiger partial charge is 0.416 e. The van der Waals surface area contributed by atoms with E-state index >= 15 is 0 Å². The maximum Gasteiger partial charge on any atom is 0.416 e. The number of nitrogens with zero attached hydrogens (tertiary/aromatic N) is 2. The molecule has 0 spiro atoms. The molecule has 0 N–H and O–H groups in total. The Hall–Kier alpha value is -2.86. The molecule has 2 aromatic carbocycles. The second kappa shape index (κ2) is 8.44. The molecule has 0 unspecified atom stereocenters. The molecule has 3 aromatic rings. The van der Waals surface area contributed by atoms with Crippen molar-refractivity contribution in [3.05, 3.63) is 94.8 Å². The fraction of sp³-hybridized carbons (Fsp3) is 0.143. The molecule has 0 bridgehead atoms. The Morgan fingerprint density at radius 1 is 0.964 bits per heavy atom. The number of halogens is 4. The normalized spacial score (nSPS) is 11.3. The summed E-state index contributed by atoms with van der Waals surface area (Å²) >= 11 is 5.93. The van der Waals surface area contributed by atoms with Gasteiger partial charge in [-0.1, -0.05) is 29.8 Å². The molecular formula is C21H16ClF3N2O. The first-order chi connectivity index (χ1) is 13.3. The van der Waals surface area contributed by atoms with E-state index in [-0.39, 0.29) is 18.9 Å². The molecule has 144 valence electrons. The van der Waals surface area contributed by atoms with Gasteiger partial charge in [0.15, 0.2) is 0 Å². The Balaban J connectivity index is 1.82. The summed E-state index contributed by atoms with van der Waals surface area (Å²) in [6.07, 6.45) is -2.81. The Morgan fingerprint density at radius 3 is 2.21 bits per heavy atom. The number of aromatic nitrogens is 1. The molecule has 3 nitrogen and oxygen atoms in total. The molecule has 3 rings (SSSR count). The van der Waals surface area contributed by atoms with Gasteiger partial charge >= 0.3 is 6.18 Å². The Kier molecular flexibility index (Phi) is 5.99. The first-order valence-corrected chi connectivity index (χ1v) is 8.83. The van der Waals surface area contributed by atoms with Gasteiger partial charge in [0.05, 0.1) is 24.2 Å². The molecule has 0 aliphatic rings. The lowest BCUT2D eigenvalue weighted by Gasteiger charge is -2.23. The van der Waals surface area contributed by atoms with E-state index in [0.717, 1.165) is 12.1 Å². The van der Waals surface area contributed by atoms with Crippen LogP contribution in [0.1, 0.15) is 16.8 Å². The Morgan fingerprint density at radius 2 is 1.64 bits per heavy atom. The van der Waals surface area contributed by atoms with Crippen LogP contribution < -0.4 is 4.90 Å². The summed E-state index contributed by atoms with van der Waals surface area (Å²) in [5, 5.41) is 0.539. The molecule has 0 aliphatic heterocycles. The topological polar surface area (TPSA) is 33.2 Å². The fourth-order valence-electron chi connectivity index (χ4n) is 2.68. The van der Waals surface area contributed by atoms with Crippen LogP contribution in [0.25, 0.3) is 0 Å². The molecule has 0 aliphatic carbocycles. The lowest BCUT2D eigenvalue weighted by Crippen LogP contribution is -2.32. The minimum atomic E-state index is -4.41. The fourth-order valence-corrected chi connectivity index (χ4v) is 2.81. The van der Waals surface area contributed by atoms with Crippen molar-refractivity contribution in [2.24, 2.45) is 0 Å². The smallest absolute Gasteiger partial charge is 0.306 e. The second-order valence-electron chi connectivity index (χ2n) is 6.15. The molecule has 1 aromatic heterocycles. The summed E-state index contributed by atoms with van der Waals surface area (Å²) < 4.78 is 38.1. The zero-order chi connectivity index (χ0) is 20.1. The minimum absolute atomic E-state index is 0.0341. The van der Waals surface area contributed by atoms with Crippen LogP contribution in [-0.4, -0.2) is 10.9 Å². The van der Waals surface area contributed by atoms with E-state index in [1.54, 1.807) is 42.6 Å². The number of hydrogen-bond acceptors (Lipinski definition) is 2. The van der Waals surface area contributed by atoms with Crippen molar-refractivity contribution in [3.63, 3.8) is 0 Å². The van der Waals surface area contributed by atoms with Crippen molar-refractivity contribution in [3.8, 4) is 0 Å². The van der Waals surface area contributed by atoms with Gasteiger partial charge in [-0.25, -0.2) is 0 Å². The SMILES string of the molecule is O=C(Cc1ccc(C(F)(F)F)cc1)N(Cc1ccccn1)c1ccc(Cl)cc1. The number of carbonyl (C=O) groups excluding carboxylic acids is 1. The van der Waals surface area contributed by atoms with Crippen LogP contribution in [0.5, 0.6) is 0 Å². The van der Waals surface area contributed by atoms with Crippen molar-refractivity contribution in [1.29, 1.82) is 0 Å². The third-order valence-electron chi connectivity index (χ3n) is 4.12. The molecule has 0 fully saturated rings. The molecule has 0 atom stereocenters. The predicted octanol–water partition coefficient (Wildman–Crippen LogP) is 5.53. The van der Waals surface area contributed by atoms with Crippen molar-refractivity contribution >= 4 is 23.2 Å². The monoisotopic (exact) mass is 404 g/mol. The summed E-state index contributed by atoms with van der Waals surface area (Å²) in [6.45, 7) is 0.238. The average molecular weight is 405 g/mol. The predicted molar refractivity (Wildman–Crippen MR) is 102 cm³/mol. The van der Waals surface area contributed by atoms with Gasteiger partial charge in [-0.05, 0) is 54.1 Å². The van der Waals surface area contributed by atoms with Gasteiger partial charge in [0.2, 0.25) is 5.91 Å². The van der Waals surface area contributed by atoms with E-state index in [1.165, 1.54) is 17.0 Å². The van der Waals surface area contributed by atoms with Crippen molar-refractivity contribution in [2.75, 3.05) is 4.90 Å². The molecule has 0 radical (unpaired) electrons. The molecule has 28 heavy (non-hydrogen) atoms. The summed E-state index contributed by atoms with van der Waals surface area (Å²) in [5.41, 5.74) is 1.08. The van der Waals surface area contributed by atoms with Gasteiger partial charge in [-0.15, -0.1) is 0 Å². The number of rotatable bonds is 5. The highest BCUT2D eigenvalue weighted by Crippen LogP contribution is 2.29. The van der Waals surface area contributed by atoms with E-state index < -0.39 is 11.7 Å². The molecular weight excluding hydrogens is 389 g/mol. The van der Waals surface area contributed by atoms with Crippen LogP contribution in [0.15, 0.2) is 72.9 Å². The van der Waals surface area contributed by atoms with E-state index in [4.69, 9.17) is 11.6 Å². The van der Waals surface area contributed by atoms with Crippen LogP contribution in [0, 0.1) is 0 Å². The lowest BCUT2D eigenvalue weighted by atomic mass is 10.1. The van der Waals surface area contributed by atoms with Gasteiger partial charge < -0.3 is 4.90 Å². The highest BCUT2D eigenvalue weighted by molar-refractivity contribution is 6.30. The number of benzene rings is 2. The minimum Gasteiger partial charge on any atom is -0.306 e. The van der Waals surface area contributed by atoms with Gasteiger partial charge in [-0.3, -0.25) is 9.78 Å². The number of hydrogen-bond donors (Lipinski definition) is 0. The standard InChI is InChI=1S/C21H16ClF3N2O/c22-17-8-10-19(11-9-17)27(14-18-3-1-2-12-26-18)20(28)13-15-4-6-16(7-5-15)21(23,24)25/h1-12H,13-14H2. The molecule has 0 saturated carbocycles. The second-order valence-corrected chi connectivity index (χ2v) is 6.59. The van der Waals surface area contributed by atoms with Gasteiger partial charge in [0, 0.05) is 16.9 Å². The van der Waals surface area contributed by atoms with Crippen LogP contribution in [-0.2, 0) is 23.9 Å². The number of anilines is 1. The van der Waals surface area contributed by atoms with E-state index in [0.29, 0.717) is 22.0 Å². The first-order valence-electron chi connectivity index (χ1n) is 8.45. The highest BCUT2D eigenvalue weighted by atomic mass is 35.5. The molecule has 1 amide bonds. The summed E-state index contributed by atoms with van der Waals surface area (Å²) in [4.78, 5) is 18.7. The third kappa shape index (κ3) is 5.10. The summed E-state index contributed by atoms with van der Waals surface area (Å²) in [5.74, 6) is -0.257. The maximum absolute atomic E-state index is 12.9. The van der Waals surface area contributed by atoms with E-state index in [2.05, 4.69) is 4.98 Å². The van der Waals surface area contributed by atoms with Gasteiger partial charge in [-0.2, -0.15) is 13.2 Å².